The number of unbranched alkanes of at least 4 members (excludes halogenated alkanes) is 7. The monoisotopic (exact) mass is 239 g/mol. The third-order valence-corrected chi connectivity index (χ3v) is 3.81. The van der Waals surface area contributed by atoms with Crippen LogP contribution in [0, 0.1) is 5.92 Å². The van der Waals surface area contributed by atoms with Crippen LogP contribution in [-0.4, -0.2) is 12.5 Å². The Hall–Kier alpha value is -0.530. The van der Waals surface area contributed by atoms with Gasteiger partial charge in [0.25, 0.3) is 0 Å². The van der Waals surface area contributed by atoms with Crippen molar-refractivity contribution in [2.24, 2.45) is 5.92 Å². The van der Waals surface area contributed by atoms with Crippen molar-refractivity contribution in [1.29, 1.82) is 0 Å². The maximum Gasteiger partial charge on any atom is 0.223 e. The molecule has 0 aromatic rings. The SMILES string of the molecule is CCCCCCCCCCC1CCCNC1=O. The molecular weight excluding hydrogens is 210 g/mol. The highest BCUT2D eigenvalue weighted by Gasteiger charge is 2.20. The predicted octanol–water partition coefficient (Wildman–Crippen LogP) is 4.04. The molecule has 1 atom stereocenters. The van der Waals surface area contributed by atoms with Gasteiger partial charge in [0, 0.05) is 12.5 Å². The summed E-state index contributed by atoms with van der Waals surface area (Å²) in [6, 6.07) is 0. The van der Waals surface area contributed by atoms with E-state index in [9.17, 15) is 4.79 Å². The van der Waals surface area contributed by atoms with Crippen LogP contribution in [0.1, 0.15) is 77.6 Å². The van der Waals surface area contributed by atoms with E-state index in [1.54, 1.807) is 0 Å². The predicted molar refractivity (Wildman–Crippen MR) is 73.0 cm³/mol. The summed E-state index contributed by atoms with van der Waals surface area (Å²) in [6.45, 7) is 3.15. The van der Waals surface area contributed by atoms with Crippen LogP contribution < -0.4 is 5.32 Å². The average Bonchev–Trinajstić information content (AvgIpc) is 2.35. The van der Waals surface area contributed by atoms with Crippen molar-refractivity contribution in [2.75, 3.05) is 6.54 Å². The van der Waals surface area contributed by atoms with E-state index in [1.807, 2.05) is 0 Å². The standard InChI is InChI=1S/C15H29NO/c1-2-3-4-5-6-7-8-9-11-14-12-10-13-16-15(14)17/h14H,2-13H2,1H3,(H,16,17). The molecule has 2 nitrogen and oxygen atoms in total. The summed E-state index contributed by atoms with van der Waals surface area (Å²) in [5, 5.41) is 2.97. The number of carbonyl (C=O) groups excluding carboxylic acids is 1. The van der Waals surface area contributed by atoms with Gasteiger partial charge in [-0.25, -0.2) is 0 Å². The number of hydrogen-bond acceptors (Lipinski definition) is 1. The highest BCUT2D eigenvalue weighted by Crippen LogP contribution is 2.19. The number of piperidine rings is 1. The summed E-state index contributed by atoms with van der Waals surface area (Å²) in [5.74, 6) is 0.628. The number of rotatable bonds is 9. The highest BCUT2D eigenvalue weighted by atomic mass is 16.1. The van der Waals surface area contributed by atoms with Crippen molar-refractivity contribution in [1.82, 2.24) is 5.32 Å². The van der Waals surface area contributed by atoms with Gasteiger partial charge >= 0.3 is 0 Å². The maximum absolute atomic E-state index is 11.5. The Morgan fingerprint density at radius 2 is 1.71 bits per heavy atom. The number of amides is 1. The Labute approximate surface area is 107 Å². The molecule has 17 heavy (non-hydrogen) atoms. The van der Waals surface area contributed by atoms with Crippen molar-refractivity contribution < 1.29 is 4.79 Å². The molecule has 0 radical (unpaired) electrons. The van der Waals surface area contributed by atoms with Gasteiger partial charge < -0.3 is 5.32 Å². The largest absolute Gasteiger partial charge is 0.356 e. The average molecular weight is 239 g/mol. The van der Waals surface area contributed by atoms with Gasteiger partial charge in [-0.1, -0.05) is 58.3 Å². The van der Waals surface area contributed by atoms with E-state index in [4.69, 9.17) is 0 Å². The first-order valence-corrected chi connectivity index (χ1v) is 7.62. The molecule has 1 rings (SSSR count). The second-order valence-electron chi connectivity index (χ2n) is 5.39. The first-order chi connectivity index (χ1) is 8.34. The molecular formula is C15H29NO. The summed E-state index contributed by atoms with van der Waals surface area (Å²) in [7, 11) is 0. The Morgan fingerprint density at radius 1 is 1.06 bits per heavy atom. The van der Waals surface area contributed by atoms with E-state index in [1.165, 1.54) is 57.8 Å². The lowest BCUT2D eigenvalue weighted by atomic mass is 9.92. The quantitative estimate of drug-likeness (QED) is 0.604. The molecule has 1 aliphatic rings. The normalized spacial score (nSPS) is 20.3. The van der Waals surface area contributed by atoms with Crippen molar-refractivity contribution in [2.45, 2.75) is 77.6 Å². The molecule has 1 aliphatic heterocycles. The van der Waals surface area contributed by atoms with Crippen LogP contribution in [0.25, 0.3) is 0 Å². The zero-order chi connectivity index (χ0) is 12.3. The lowest BCUT2D eigenvalue weighted by Crippen LogP contribution is -2.36. The first-order valence-electron chi connectivity index (χ1n) is 7.62. The van der Waals surface area contributed by atoms with E-state index >= 15 is 0 Å². The molecule has 1 amide bonds. The van der Waals surface area contributed by atoms with Crippen LogP contribution in [0.4, 0.5) is 0 Å². The molecule has 0 bridgehead atoms. The summed E-state index contributed by atoms with van der Waals surface area (Å²) in [5.41, 5.74) is 0. The molecule has 1 N–H and O–H groups in total. The maximum atomic E-state index is 11.5. The minimum absolute atomic E-state index is 0.305. The number of hydrogen-bond donors (Lipinski definition) is 1. The summed E-state index contributed by atoms with van der Waals surface area (Å²) < 4.78 is 0. The van der Waals surface area contributed by atoms with E-state index in [-0.39, 0.29) is 0 Å². The second-order valence-corrected chi connectivity index (χ2v) is 5.39. The van der Waals surface area contributed by atoms with Gasteiger partial charge in [0.05, 0.1) is 0 Å². The van der Waals surface area contributed by atoms with E-state index in [0.29, 0.717) is 11.8 Å². The zero-order valence-electron chi connectivity index (χ0n) is 11.5. The third kappa shape index (κ3) is 6.70. The van der Waals surface area contributed by atoms with E-state index in [0.717, 1.165) is 19.4 Å². The molecule has 1 unspecified atom stereocenters. The van der Waals surface area contributed by atoms with E-state index in [2.05, 4.69) is 12.2 Å². The molecule has 2 heteroatoms. The van der Waals surface area contributed by atoms with Crippen LogP contribution in [-0.2, 0) is 4.79 Å². The van der Waals surface area contributed by atoms with Crippen LogP contribution in [0.2, 0.25) is 0 Å². The van der Waals surface area contributed by atoms with E-state index < -0.39 is 0 Å². The van der Waals surface area contributed by atoms with Gasteiger partial charge in [0.15, 0.2) is 0 Å². The molecule has 100 valence electrons. The Balaban J connectivity index is 1.88. The molecule has 1 saturated heterocycles. The third-order valence-electron chi connectivity index (χ3n) is 3.81. The summed E-state index contributed by atoms with van der Waals surface area (Å²) in [6.07, 6.45) is 14.2. The van der Waals surface area contributed by atoms with Gasteiger partial charge in [0.2, 0.25) is 5.91 Å². The molecule has 0 aliphatic carbocycles. The first kappa shape index (κ1) is 14.5. The van der Waals surface area contributed by atoms with Gasteiger partial charge in [-0.05, 0) is 19.3 Å². The highest BCUT2D eigenvalue weighted by molar-refractivity contribution is 5.79. The zero-order valence-corrected chi connectivity index (χ0v) is 11.5. The lowest BCUT2D eigenvalue weighted by molar-refractivity contribution is -0.126. The summed E-state index contributed by atoms with van der Waals surface area (Å²) >= 11 is 0. The van der Waals surface area contributed by atoms with Gasteiger partial charge in [-0.2, -0.15) is 0 Å². The fourth-order valence-corrected chi connectivity index (χ4v) is 2.64. The number of nitrogens with one attached hydrogen (secondary N) is 1. The Morgan fingerprint density at radius 3 is 2.35 bits per heavy atom. The topological polar surface area (TPSA) is 29.1 Å². The van der Waals surface area contributed by atoms with Crippen LogP contribution >= 0.6 is 0 Å². The van der Waals surface area contributed by atoms with Crippen LogP contribution in [0.3, 0.4) is 0 Å². The molecule has 1 fully saturated rings. The fraction of sp³-hybridized carbons (Fsp3) is 0.933. The lowest BCUT2D eigenvalue weighted by Gasteiger charge is -2.21. The molecule has 0 aromatic carbocycles. The Bertz CT molecular complexity index is 203. The van der Waals surface area contributed by atoms with Gasteiger partial charge in [0.1, 0.15) is 0 Å². The molecule has 1 heterocycles. The second kappa shape index (κ2) is 9.49. The smallest absolute Gasteiger partial charge is 0.223 e. The molecule has 0 spiro atoms. The molecule has 0 saturated carbocycles. The van der Waals surface area contributed by atoms with Crippen LogP contribution in [0.15, 0.2) is 0 Å². The minimum Gasteiger partial charge on any atom is -0.356 e. The van der Waals surface area contributed by atoms with Gasteiger partial charge in [-0.3, -0.25) is 4.79 Å². The summed E-state index contributed by atoms with van der Waals surface area (Å²) in [4.78, 5) is 11.5. The van der Waals surface area contributed by atoms with Crippen LogP contribution in [0.5, 0.6) is 0 Å². The number of carbonyl (C=O) groups is 1. The Kier molecular flexibility index (Phi) is 8.12. The fourth-order valence-electron chi connectivity index (χ4n) is 2.64. The minimum atomic E-state index is 0.305. The van der Waals surface area contributed by atoms with Crippen molar-refractivity contribution in [3.05, 3.63) is 0 Å². The van der Waals surface area contributed by atoms with Gasteiger partial charge in [-0.15, -0.1) is 0 Å². The van der Waals surface area contributed by atoms with Crippen molar-refractivity contribution >= 4 is 5.91 Å². The molecule has 0 aromatic heterocycles. The van der Waals surface area contributed by atoms with Crippen molar-refractivity contribution in [3.8, 4) is 0 Å². The van der Waals surface area contributed by atoms with Crippen molar-refractivity contribution in [3.63, 3.8) is 0 Å².